The van der Waals surface area contributed by atoms with E-state index < -0.39 is 10.8 Å². The van der Waals surface area contributed by atoms with Gasteiger partial charge in [-0.05, 0) is 304 Å². The molecule has 24 aromatic carbocycles. The van der Waals surface area contributed by atoms with E-state index in [0.717, 1.165) is 28.4 Å². The van der Waals surface area contributed by atoms with Crippen molar-refractivity contribution in [2.45, 2.75) is 49.4 Å². The highest BCUT2D eigenvalue weighted by Gasteiger charge is 2.55. The molecule has 6 aliphatic carbocycles. The molecule has 0 aliphatic heterocycles. The van der Waals surface area contributed by atoms with E-state index in [1.807, 2.05) is 0 Å². The maximum atomic E-state index is 2.63. The first kappa shape index (κ1) is 78.4. The highest BCUT2D eigenvalue weighted by molar-refractivity contribution is 6.28. The lowest BCUT2D eigenvalue weighted by Gasteiger charge is -2.34. The van der Waals surface area contributed by atoms with Crippen molar-refractivity contribution in [3.63, 3.8) is 0 Å². The molecule has 0 N–H and O–H groups in total. The van der Waals surface area contributed by atoms with Crippen molar-refractivity contribution in [1.29, 1.82) is 0 Å². The molecule has 644 valence electrons. The quantitative estimate of drug-likeness (QED) is 0.140. The summed E-state index contributed by atoms with van der Waals surface area (Å²) in [6, 6.07) is 180. The van der Waals surface area contributed by atoms with E-state index in [4.69, 9.17) is 0 Å². The van der Waals surface area contributed by atoms with Crippen molar-refractivity contribution in [2.24, 2.45) is 0 Å². The normalized spacial score (nSPS) is 14.2. The van der Waals surface area contributed by atoms with Gasteiger partial charge in [-0.25, -0.2) is 0 Å². The number of anilines is 6. The Hall–Kier alpha value is -17.0. The Kier molecular flexibility index (Phi) is 16.6. The summed E-state index contributed by atoms with van der Waals surface area (Å²) >= 11 is 0. The van der Waals surface area contributed by atoms with Gasteiger partial charge < -0.3 is 9.80 Å². The van der Waals surface area contributed by atoms with Crippen LogP contribution in [0.3, 0.4) is 0 Å². The van der Waals surface area contributed by atoms with E-state index >= 15 is 0 Å². The number of hydrogen-bond donors (Lipinski definition) is 0. The summed E-state index contributed by atoms with van der Waals surface area (Å²) in [7, 11) is 0. The van der Waals surface area contributed by atoms with E-state index in [1.165, 1.54) is 248 Å². The Balaban J connectivity index is 0.000000133. The molecule has 0 unspecified atom stereocenters. The minimum absolute atomic E-state index is 0.122. The van der Waals surface area contributed by atoms with Crippen LogP contribution < -0.4 is 9.80 Å². The van der Waals surface area contributed by atoms with Crippen molar-refractivity contribution in [2.75, 3.05) is 9.80 Å². The fourth-order valence-electron chi connectivity index (χ4n) is 26.5. The molecular weight excluding hydrogens is 1660 g/mol. The van der Waals surface area contributed by atoms with Crippen molar-refractivity contribution < 1.29 is 0 Å². The summed E-state index contributed by atoms with van der Waals surface area (Å²) in [5.41, 5.74) is 42.0. The van der Waals surface area contributed by atoms with Crippen molar-refractivity contribution in [3.05, 3.63) is 540 Å². The largest absolute Gasteiger partial charge is 0.310 e. The lowest BCUT2D eigenvalue weighted by Crippen LogP contribution is -2.26. The minimum Gasteiger partial charge on any atom is -0.310 e. The van der Waals surface area contributed by atoms with E-state index in [-0.39, 0.29) is 10.8 Å². The van der Waals surface area contributed by atoms with Crippen LogP contribution in [-0.2, 0) is 21.7 Å². The van der Waals surface area contributed by atoms with Gasteiger partial charge in [0.1, 0.15) is 0 Å². The van der Waals surface area contributed by atoms with E-state index in [1.54, 1.807) is 0 Å². The zero-order valence-electron chi connectivity index (χ0n) is 76.9. The molecule has 2 nitrogen and oxygen atoms in total. The summed E-state index contributed by atoms with van der Waals surface area (Å²) in [4.78, 5) is 5.22. The summed E-state index contributed by atoms with van der Waals surface area (Å²) in [5, 5.41) is 20.1. The van der Waals surface area contributed by atoms with E-state index in [0.29, 0.717) is 0 Å². The highest BCUT2D eigenvalue weighted by Crippen LogP contribution is 2.68. The zero-order valence-corrected chi connectivity index (χ0v) is 76.9. The van der Waals surface area contributed by atoms with Crippen LogP contribution in [0.4, 0.5) is 34.1 Å². The van der Waals surface area contributed by atoms with Crippen molar-refractivity contribution in [1.82, 2.24) is 0 Å². The number of benzene rings is 24. The lowest BCUT2D eigenvalue weighted by molar-refractivity contribution is 0.660. The molecule has 0 saturated carbocycles. The second-order valence-corrected chi connectivity index (χ2v) is 39.8. The predicted octanol–water partition coefficient (Wildman–Crippen LogP) is 36.2. The SMILES string of the molecule is CC1(C)c2ccccc2-c2c(N(c3ccc4c5ccccc5c5ccccc5c4c3)c3cc4c(cc3-c3ccc5ccccc5c3)-c3ccccc3C43c4ccccc4-c4ccccc43)cccc21.CC1(C)c2ccccc2-c2cc(N(c3ccc4c5ccccc5c5ccccc5c4c3)c3cc4c(cc3-c3ccc5ccccc5c3)-c3ccccc3C43c4ccccc4-c4ccccc43)ccc21. The highest BCUT2D eigenvalue weighted by atomic mass is 15.2. The molecule has 138 heavy (non-hydrogen) atoms. The van der Waals surface area contributed by atoms with Gasteiger partial charge in [-0.1, -0.05) is 422 Å². The van der Waals surface area contributed by atoms with Gasteiger partial charge in [0, 0.05) is 44.6 Å². The molecule has 2 spiro atoms. The Labute approximate surface area is 802 Å². The minimum atomic E-state index is -0.521. The van der Waals surface area contributed by atoms with Crippen LogP contribution in [0.15, 0.2) is 473 Å². The molecule has 0 radical (unpaired) electrons. The lowest BCUT2D eigenvalue weighted by atomic mass is 9.70. The Bertz CT molecular complexity index is 9300. The van der Waals surface area contributed by atoms with E-state index in [2.05, 4.69) is 511 Å². The van der Waals surface area contributed by atoms with Crippen LogP contribution in [0.25, 0.3) is 175 Å². The van der Waals surface area contributed by atoms with Gasteiger partial charge in [-0.15, -0.1) is 0 Å². The van der Waals surface area contributed by atoms with Crippen LogP contribution in [0.1, 0.15) is 94.5 Å². The molecule has 2 heteroatoms. The molecule has 0 atom stereocenters. The topological polar surface area (TPSA) is 6.48 Å². The average molecular weight is 1750 g/mol. The van der Waals surface area contributed by atoms with Crippen LogP contribution >= 0.6 is 0 Å². The number of hydrogen-bond acceptors (Lipinski definition) is 2. The van der Waals surface area contributed by atoms with Gasteiger partial charge in [0.05, 0.1) is 27.9 Å². The van der Waals surface area contributed by atoms with E-state index in [9.17, 15) is 0 Å². The maximum Gasteiger partial charge on any atom is 0.0726 e. The molecule has 24 aromatic rings. The Morgan fingerprint density at radius 2 is 0.420 bits per heavy atom. The third-order valence-electron chi connectivity index (χ3n) is 32.5. The summed E-state index contributed by atoms with van der Waals surface area (Å²) < 4.78 is 0. The van der Waals surface area contributed by atoms with Crippen LogP contribution in [0, 0.1) is 0 Å². The van der Waals surface area contributed by atoms with Crippen LogP contribution in [-0.4, -0.2) is 0 Å². The third kappa shape index (κ3) is 10.8. The van der Waals surface area contributed by atoms with Gasteiger partial charge in [0.15, 0.2) is 0 Å². The van der Waals surface area contributed by atoms with Crippen molar-refractivity contribution >= 4 is 120 Å². The first-order valence-electron chi connectivity index (χ1n) is 48.7. The van der Waals surface area contributed by atoms with Crippen molar-refractivity contribution in [3.8, 4) is 89.0 Å². The fourth-order valence-corrected chi connectivity index (χ4v) is 26.5. The molecule has 0 heterocycles. The van der Waals surface area contributed by atoms with Gasteiger partial charge in [-0.2, -0.15) is 0 Å². The molecule has 6 aliphatic rings. The molecule has 0 amide bonds. The van der Waals surface area contributed by atoms with Gasteiger partial charge in [-0.3, -0.25) is 0 Å². The summed E-state index contributed by atoms with van der Waals surface area (Å²) in [6.07, 6.45) is 0. The van der Waals surface area contributed by atoms with Gasteiger partial charge in [0.25, 0.3) is 0 Å². The van der Waals surface area contributed by atoms with Gasteiger partial charge in [0.2, 0.25) is 0 Å². The number of rotatable bonds is 8. The van der Waals surface area contributed by atoms with Gasteiger partial charge >= 0.3 is 0 Å². The van der Waals surface area contributed by atoms with Crippen LogP contribution in [0.2, 0.25) is 0 Å². The first-order chi connectivity index (χ1) is 68.0. The first-order valence-corrected chi connectivity index (χ1v) is 48.7. The standard InChI is InChI=1S/2C68H45N/c1-67(2)58-28-13-12-27-54(58)66-62(67)32-17-33-64(66)69(45-36-37-50-48-22-6-5-20-46(48)47-21-7-8-23-49(47)56(50)39-45)65-41-63-57(40-55(65)44-35-34-42-18-3-4-19-43(42)38-44)53-26-11-16-31-61(53)68(63)59-29-14-9-24-51(59)52-25-10-15-30-60(52)68;1-67(2)60-27-13-9-25-54(60)58-39-46(34-36-61(58)67)69(45-33-35-51-49-21-6-5-19-47(49)48-20-7-8-22-50(48)57(51)38-45)66-41-65-59(40-56(66)44-32-31-42-17-3-4-18-43(42)37-44)55-26-12-16-30-64(55)68(65)62-28-14-10-23-52(62)53-24-11-15-29-63(53)68/h2*3-41H,1-2H3. The fraction of sp³-hybridized carbons (Fsp3) is 0.0588. The number of fused-ring (bicyclic) bond motifs is 40. The second kappa shape index (κ2) is 29.2. The van der Waals surface area contributed by atoms with Crippen LogP contribution in [0.5, 0.6) is 0 Å². The molecule has 0 fully saturated rings. The molecule has 30 rings (SSSR count). The maximum absolute atomic E-state index is 2.63. The summed E-state index contributed by atoms with van der Waals surface area (Å²) in [5.74, 6) is 0. The Morgan fingerprint density at radius 3 is 0.833 bits per heavy atom. The summed E-state index contributed by atoms with van der Waals surface area (Å²) in [6.45, 7) is 9.54. The smallest absolute Gasteiger partial charge is 0.0726 e. The molecular formula is C136H90N2. The third-order valence-corrected chi connectivity index (χ3v) is 32.5. The second-order valence-electron chi connectivity index (χ2n) is 39.8. The average Bonchev–Trinajstić information content (AvgIpc) is 1.51. The monoisotopic (exact) mass is 1750 g/mol. The predicted molar refractivity (Wildman–Crippen MR) is 581 cm³/mol. The molecule has 0 saturated heterocycles. The number of nitrogens with zero attached hydrogens (tertiary/aromatic N) is 2. The molecule has 0 bridgehead atoms. The Morgan fingerprint density at radius 1 is 0.145 bits per heavy atom. The molecule has 0 aromatic heterocycles. The zero-order chi connectivity index (χ0) is 91.2.